The number of rotatable bonds is 7. The van der Waals surface area contributed by atoms with E-state index >= 15 is 0 Å². The molecular weight excluding hydrogens is 474 g/mol. The fourth-order valence-corrected chi connectivity index (χ4v) is 3.92. The van der Waals surface area contributed by atoms with E-state index in [9.17, 15) is 5.11 Å². The van der Waals surface area contributed by atoms with E-state index in [1.54, 1.807) is 14.0 Å². The Hall–Kier alpha value is -2.21. The van der Waals surface area contributed by atoms with Gasteiger partial charge in [-0.3, -0.25) is 0 Å². The first-order valence-electron chi connectivity index (χ1n) is 14.0. The molecule has 1 aliphatic carbocycles. The third-order valence-electron chi connectivity index (χ3n) is 6.14. The molecule has 0 amide bonds. The first kappa shape index (κ1) is 37.9. The first-order valence-corrected chi connectivity index (χ1v) is 14.0. The third kappa shape index (κ3) is 20.8. The maximum absolute atomic E-state index is 9.62. The fourth-order valence-electron chi connectivity index (χ4n) is 3.92. The standard InChI is InChI=1S/C15H16O2.C6H13N.C5H12O.C5H10.CH2O.CH4/c1-12(16)14-9-5-6-10-15(14)17-11-13-7-3-2-4-8-13;1-7-5-3-2-4-6-7;1-3-4-5-6-2;1-2-4-5-3-1;1-2;/h2-10,12,16H,11H2,1H3;2-6H2,1H3;3-5H2,1-2H3;1-5H2;1H2;1H4. The van der Waals surface area contributed by atoms with Crippen LogP contribution < -0.4 is 4.74 Å². The van der Waals surface area contributed by atoms with Gasteiger partial charge in [-0.15, -0.1) is 0 Å². The van der Waals surface area contributed by atoms with E-state index in [2.05, 4.69) is 18.9 Å². The van der Waals surface area contributed by atoms with Crippen LogP contribution in [0.3, 0.4) is 0 Å². The maximum Gasteiger partial charge on any atom is 0.125 e. The number of unbranched alkanes of at least 4 members (excludes halogenated alkanes) is 1. The highest BCUT2D eigenvalue weighted by Crippen LogP contribution is 2.25. The summed E-state index contributed by atoms with van der Waals surface area (Å²) in [7, 11) is 3.93. The largest absolute Gasteiger partial charge is 0.489 e. The van der Waals surface area contributed by atoms with Crippen molar-refractivity contribution >= 4 is 6.79 Å². The van der Waals surface area contributed by atoms with E-state index in [0.29, 0.717) is 6.61 Å². The highest BCUT2D eigenvalue weighted by Gasteiger charge is 2.08. The fraction of sp³-hybridized carbons (Fsp3) is 0.606. The third-order valence-corrected chi connectivity index (χ3v) is 6.14. The number of aliphatic hydroxyl groups excluding tert-OH is 1. The summed E-state index contributed by atoms with van der Waals surface area (Å²) < 4.78 is 10.5. The summed E-state index contributed by atoms with van der Waals surface area (Å²) in [6.45, 7) is 9.96. The van der Waals surface area contributed by atoms with Crippen LogP contribution in [-0.4, -0.2) is 50.6 Å². The lowest BCUT2D eigenvalue weighted by atomic mass is 10.1. The van der Waals surface area contributed by atoms with Gasteiger partial charge < -0.3 is 24.3 Å². The van der Waals surface area contributed by atoms with E-state index in [-0.39, 0.29) is 7.43 Å². The average molecular weight is 532 g/mol. The van der Waals surface area contributed by atoms with Crippen molar-refractivity contribution < 1.29 is 19.4 Å². The number of benzene rings is 2. The number of hydrogen-bond donors (Lipinski definition) is 1. The number of carbonyl (C=O) groups is 1. The molecule has 2 aromatic rings. The van der Waals surface area contributed by atoms with Crippen molar-refractivity contribution in [3.63, 3.8) is 0 Å². The van der Waals surface area contributed by atoms with Crippen molar-refractivity contribution in [1.82, 2.24) is 4.90 Å². The molecule has 1 saturated heterocycles. The second-order valence-electron chi connectivity index (χ2n) is 9.47. The van der Waals surface area contributed by atoms with Gasteiger partial charge in [0.15, 0.2) is 0 Å². The van der Waals surface area contributed by atoms with Gasteiger partial charge in [-0.05, 0) is 58.0 Å². The van der Waals surface area contributed by atoms with Crippen molar-refractivity contribution in [2.45, 2.75) is 98.2 Å². The van der Waals surface area contributed by atoms with E-state index in [1.807, 2.05) is 61.4 Å². The Morgan fingerprint density at radius 3 is 1.79 bits per heavy atom. The predicted octanol–water partition coefficient (Wildman–Crippen LogP) is 8.26. The molecular formula is C33H57NO4. The number of aliphatic hydroxyl groups is 1. The van der Waals surface area contributed by atoms with E-state index < -0.39 is 6.10 Å². The van der Waals surface area contributed by atoms with Gasteiger partial charge in [-0.25, -0.2) is 0 Å². The molecule has 2 aliphatic rings. The van der Waals surface area contributed by atoms with Crippen molar-refractivity contribution in [1.29, 1.82) is 0 Å². The van der Waals surface area contributed by atoms with Gasteiger partial charge in [0.2, 0.25) is 0 Å². The van der Waals surface area contributed by atoms with Crippen LogP contribution in [0.4, 0.5) is 0 Å². The van der Waals surface area contributed by atoms with Crippen LogP contribution in [0.2, 0.25) is 0 Å². The highest BCUT2D eigenvalue weighted by atomic mass is 16.5. The highest BCUT2D eigenvalue weighted by molar-refractivity contribution is 5.35. The monoisotopic (exact) mass is 531 g/mol. The maximum atomic E-state index is 9.62. The SMILES string of the molecule is C.C1CCCC1.C=O.CC(O)c1ccccc1OCc1ccccc1.CCCCOC.CN1CCCCC1. The smallest absolute Gasteiger partial charge is 0.125 e. The zero-order valence-corrected chi connectivity index (χ0v) is 24.0. The van der Waals surface area contributed by atoms with E-state index in [1.165, 1.54) is 77.3 Å². The van der Waals surface area contributed by atoms with Crippen LogP contribution in [-0.2, 0) is 16.1 Å². The number of nitrogens with zero attached hydrogens (tertiary/aromatic N) is 1. The van der Waals surface area contributed by atoms with Crippen LogP contribution in [0.5, 0.6) is 5.75 Å². The first-order chi connectivity index (χ1) is 18.1. The molecule has 1 saturated carbocycles. The van der Waals surface area contributed by atoms with Gasteiger partial charge in [-0.1, -0.05) is 108 Å². The summed E-state index contributed by atoms with van der Waals surface area (Å²) in [5, 5.41) is 9.62. The average Bonchev–Trinajstić information content (AvgIpc) is 3.54. The molecule has 0 bridgehead atoms. The predicted molar refractivity (Wildman–Crippen MR) is 163 cm³/mol. The van der Waals surface area contributed by atoms with Crippen molar-refractivity contribution in [3.8, 4) is 5.75 Å². The molecule has 5 heteroatoms. The lowest BCUT2D eigenvalue weighted by molar-refractivity contribution is -0.0980. The summed E-state index contributed by atoms with van der Waals surface area (Å²) in [4.78, 5) is 10.4. The zero-order valence-electron chi connectivity index (χ0n) is 24.0. The van der Waals surface area contributed by atoms with Gasteiger partial charge in [0.1, 0.15) is 19.1 Å². The van der Waals surface area contributed by atoms with Gasteiger partial charge in [-0.2, -0.15) is 0 Å². The number of methoxy groups -OCH3 is 1. The minimum Gasteiger partial charge on any atom is -0.489 e. The molecule has 2 fully saturated rings. The zero-order chi connectivity index (χ0) is 27.6. The number of ether oxygens (including phenoxy) is 2. The number of para-hydroxylation sites is 1. The molecule has 1 heterocycles. The molecule has 5 nitrogen and oxygen atoms in total. The van der Waals surface area contributed by atoms with Crippen molar-refractivity contribution in [2.75, 3.05) is 33.9 Å². The summed E-state index contributed by atoms with van der Waals surface area (Å²) in [6, 6.07) is 17.6. The molecule has 1 unspecified atom stereocenters. The van der Waals surface area contributed by atoms with Gasteiger partial charge >= 0.3 is 0 Å². The van der Waals surface area contributed by atoms with E-state index in [0.717, 1.165) is 23.5 Å². The molecule has 1 N–H and O–H groups in total. The van der Waals surface area contributed by atoms with Crippen LogP contribution in [0.15, 0.2) is 54.6 Å². The molecule has 2 aromatic carbocycles. The number of likely N-dealkylation sites (tertiary alicyclic amines) is 1. The van der Waals surface area contributed by atoms with E-state index in [4.69, 9.17) is 14.3 Å². The Morgan fingerprint density at radius 2 is 1.37 bits per heavy atom. The molecule has 1 atom stereocenters. The minimum atomic E-state index is -0.512. The second kappa shape index (κ2) is 27.8. The van der Waals surface area contributed by atoms with Gasteiger partial charge in [0, 0.05) is 19.3 Å². The number of carbonyl (C=O) groups excluding carboxylic acids is 1. The summed E-state index contributed by atoms with van der Waals surface area (Å²) in [5.74, 6) is 0.742. The van der Waals surface area contributed by atoms with Crippen molar-refractivity contribution in [2.24, 2.45) is 0 Å². The molecule has 4 rings (SSSR count). The molecule has 38 heavy (non-hydrogen) atoms. The Balaban J connectivity index is 0. The number of hydrogen-bond acceptors (Lipinski definition) is 5. The minimum absolute atomic E-state index is 0. The van der Waals surface area contributed by atoms with Gasteiger partial charge in [0.05, 0.1) is 6.10 Å². The molecule has 1 aliphatic heterocycles. The van der Waals surface area contributed by atoms with Crippen molar-refractivity contribution in [3.05, 3.63) is 65.7 Å². The lowest BCUT2D eigenvalue weighted by Gasteiger charge is -2.20. The van der Waals surface area contributed by atoms with Gasteiger partial charge in [0.25, 0.3) is 0 Å². The molecule has 0 spiro atoms. The Morgan fingerprint density at radius 1 is 0.868 bits per heavy atom. The Labute approximate surface area is 234 Å². The van der Waals surface area contributed by atoms with Crippen LogP contribution in [0.1, 0.15) is 103 Å². The number of piperidine rings is 1. The Bertz CT molecular complexity index is 717. The second-order valence-corrected chi connectivity index (χ2v) is 9.47. The summed E-state index contributed by atoms with van der Waals surface area (Å²) >= 11 is 0. The topological polar surface area (TPSA) is 59.0 Å². The summed E-state index contributed by atoms with van der Waals surface area (Å²) in [5.41, 5.74) is 1.94. The molecule has 0 aromatic heterocycles. The normalized spacial score (nSPS) is 14.8. The lowest BCUT2D eigenvalue weighted by Crippen LogP contribution is -2.24. The van der Waals surface area contributed by atoms with Crippen LogP contribution >= 0.6 is 0 Å². The Kier molecular flexibility index (Phi) is 27.8. The quantitative estimate of drug-likeness (QED) is 0.364. The van der Waals surface area contributed by atoms with Crippen LogP contribution in [0.25, 0.3) is 0 Å². The van der Waals surface area contributed by atoms with Crippen LogP contribution in [0, 0.1) is 0 Å². The molecule has 218 valence electrons. The molecule has 0 radical (unpaired) electrons. The summed E-state index contributed by atoms with van der Waals surface area (Å²) in [6.07, 6.45) is 13.7.